The highest BCUT2D eigenvalue weighted by Crippen LogP contribution is 2.27. The molecule has 8 heterocycles. The van der Waals surface area contributed by atoms with E-state index in [1.807, 2.05) is 77.9 Å². The second-order valence-corrected chi connectivity index (χ2v) is 26.1. The van der Waals surface area contributed by atoms with Crippen LogP contribution in [0.1, 0.15) is 119 Å². The van der Waals surface area contributed by atoms with Gasteiger partial charge in [-0.1, -0.05) is 63.7 Å². The third-order valence-corrected chi connectivity index (χ3v) is 13.9. The van der Waals surface area contributed by atoms with Crippen LogP contribution in [0, 0.1) is 29.7 Å². The number of ketones is 3. The molecule has 504 valence electrons. The molecule has 0 aromatic carbocycles. The summed E-state index contributed by atoms with van der Waals surface area (Å²) in [6.07, 6.45) is 3.94. The highest BCUT2D eigenvalue weighted by Gasteiger charge is 2.42. The van der Waals surface area contributed by atoms with Crippen LogP contribution >= 0.6 is 82.6 Å². The number of nitrogens with two attached hydrogens (primary N) is 1. The molecule has 2 amide bonds. The van der Waals surface area contributed by atoms with E-state index in [4.69, 9.17) is 43.7 Å². The SMILES string of the molecule is C.C.C.CC(C)(C)OC(=O)N1CC[C@H](CC(=O)Cc2ccc(Br)cn2)C1.CC(C)(C)OC(=O)N1CC[C@H](N)C1.N#Cc1ccc(N2CC[C@H](CC(=O)Cc3ccc(Br)cn3)C2)nn1.O=C(C(Cl)Cl)C(F)(F)F.O=C(O)Cc1ccc(Br)cn1.[C-]#[N+]c1ccc(Cl)nn1. The standard InChI is InChI=1S/C17H16BrN5O.C17H23BrN2O3.C9H18N2O2.C7H6BrNO2.C5H2ClN3.C3HCl2F3O.3CH4/c18-13-1-2-14(20-10-13)8-16(24)7-12-5-6-23(11-12)17-4-3-15(9-19)21-22-17;1-17(2,3)23-16(22)20-7-6-12(11-20)8-15(21)9-14-5-4-13(18)10-19-14;1-9(2,3)13-8(12)11-5-4-7(10)6-11;8-5-1-2-6(9-4-5)3-7(10)11;1-7-5-3-2-4(6)8-9-5;4-2(5)1(9)3(6,7)8;;;/h1-4,10,12H,5-8,11H2;4-5,10,12H,6-9,11H2,1-3H3;7H,4-6,10H2,1-3H3;1-2,4H,3H2,(H,10,11);2-3H;2H;3*1H4/t2*12-;7-;;;;;;/m110....../s1. The van der Waals surface area contributed by atoms with Crippen LogP contribution in [0.2, 0.25) is 5.15 Å². The number of nitriles is 1. The lowest BCUT2D eigenvalue weighted by Gasteiger charge is -2.24. The molecule has 0 unspecified atom stereocenters. The molecule has 3 atom stereocenters. The minimum Gasteiger partial charge on any atom is -0.481 e. The van der Waals surface area contributed by atoms with Gasteiger partial charge in [-0.2, -0.15) is 18.4 Å². The lowest BCUT2D eigenvalue weighted by molar-refractivity contribution is -0.169. The third kappa shape index (κ3) is 35.5. The number of carbonyl (C=O) groups excluding carboxylic acids is 5. The average Bonchev–Trinajstić information content (AvgIpc) is 1.77. The van der Waals surface area contributed by atoms with Crippen molar-refractivity contribution in [2.75, 3.05) is 44.2 Å². The molecule has 5 aromatic heterocycles. The number of amides is 2. The molecule has 92 heavy (non-hydrogen) atoms. The Bertz CT molecular complexity index is 3180. The monoisotopic (exact) mass is 1540 g/mol. The summed E-state index contributed by atoms with van der Waals surface area (Å²) in [4.78, 5) is 86.7. The molecule has 22 nitrogen and oxygen atoms in total. The Morgan fingerprint density at radius 3 is 1.48 bits per heavy atom. The fourth-order valence-electron chi connectivity index (χ4n) is 7.90. The Hall–Kier alpha value is -6.53. The van der Waals surface area contributed by atoms with Crippen LogP contribution in [0.4, 0.5) is 34.4 Å². The van der Waals surface area contributed by atoms with Gasteiger partial charge in [0.15, 0.2) is 21.5 Å². The average molecular weight is 1540 g/mol. The number of carbonyl (C=O) groups is 6. The van der Waals surface area contributed by atoms with E-state index in [2.05, 4.69) is 116 Å². The van der Waals surface area contributed by atoms with Gasteiger partial charge in [-0.15, -0.1) is 10.2 Å². The number of aliphatic carboxylic acids is 1. The summed E-state index contributed by atoms with van der Waals surface area (Å²) >= 11 is 24.5. The van der Waals surface area contributed by atoms with E-state index in [-0.39, 0.29) is 70.2 Å². The molecular formula is C61H78Br3Cl3F3N13O9. The lowest BCUT2D eigenvalue weighted by atomic mass is 9.99. The summed E-state index contributed by atoms with van der Waals surface area (Å²) in [5.74, 6) is -1.06. The number of anilines is 1. The minimum atomic E-state index is -4.92. The number of nitrogens with zero attached hydrogens (tertiary/aromatic N) is 12. The summed E-state index contributed by atoms with van der Waals surface area (Å²) < 4.78 is 46.8. The number of hydrogen-bond acceptors (Lipinski definition) is 18. The molecule has 8 rings (SSSR count). The maximum atomic E-state index is 12.2. The molecule has 3 fully saturated rings. The number of halogens is 9. The summed E-state index contributed by atoms with van der Waals surface area (Å²) in [6.45, 7) is 21.9. The summed E-state index contributed by atoms with van der Waals surface area (Å²) in [5.41, 5.74) is 7.24. The van der Waals surface area contributed by atoms with Gasteiger partial charge in [0, 0.05) is 114 Å². The summed E-state index contributed by atoms with van der Waals surface area (Å²) in [7, 11) is 0. The van der Waals surface area contributed by atoms with E-state index in [1.165, 1.54) is 12.1 Å². The normalized spacial score (nSPS) is 15.4. The predicted molar refractivity (Wildman–Crippen MR) is 357 cm³/mol. The highest BCUT2D eigenvalue weighted by molar-refractivity contribution is 9.11. The molecule has 0 radical (unpaired) electrons. The number of alkyl halides is 5. The first kappa shape index (κ1) is 85.5. The zero-order valence-corrected chi connectivity index (χ0v) is 56.3. The second kappa shape index (κ2) is 41.9. The van der Waals surface area contributed by atoms with E-state index in [0.717, 1.165) is 69.5 Å². The first-order valence-corrected chi connectivity index (χ1v) is 30.8. The second-order valence-electron chi connectivity index (χ2n) is 21.8. The molecule has 0 bridgehead atoms. The van der Waals surface area contributed by atoms with E-state index in [0.29, 0.717) is 67.8 Å². The van der Waals surface area contributed by atoms with E-state index in [9.17, 15) is 41.9 Å². The van der Waals surface area contributed by atoms with Gasteiger partial charge in [-0.25, -0.2) is 9.59 Å². The Labute approximate surface area is 576 Å². The van der Waals surface area contributed by atoms with Gasteiger partial charge in [-0.3, -0.25) is 34.1 Å². The Morgan fingerprint density at radius 2 is 1.13 bits per heavy atom. The van der Waals surface area contributed by atoms with E-state index in [1.54, 1.807) is 46.6 Å². The van der Waals surface area contributed by atoms with Crippen LogP contribution < -0.4 is 10.6 Å². The number of ether oxygens (including phenoxy) is 2. The summed E-state index contributed by atoms with van der Waals surface area (Å²) in [6, 6.07) is 19.6. The molecular weight excluding hydrogens is 1460 g/mol. The van der Waals surface area contributed by atoms with Crippen molar-refractivity contribution in [2.24, 2.45) is 17.6 Å². The molecule has 0 aliphatic carbocycles. The molecule has 0 saturated carbocycles. The quantitative estimate of drug-likeness (QED) is 0.0866. The van der Waals surface area contributed by atoms with E-state index >= 15 is 0 Å². The maximum Gasteiger partial charge on any atom is 0.452 e. The fraction of sp³-hybridized carbons (Fsp3) is 0.492. The van der Waals surface area contributed by atoms with Crippen molar-refractivity contribution < 1.29 is 56.5 Å². The van der Waals surface area contributed by atoms with E-state index < -0.39 is 34.0 Å². The van der Waals surface area contributed by atoms with Crippen molar-refractivity contribution in [3.63, 3.8) is 0 Å². The number of aromatic nitrogens is 7. The first-order valence-electron chi connectivity index (χ1n) is 27.1. The van der Waals surface area contributed by atoms with Crippen LogP contribution in [0.5, 0.6) is 0 Å². The van der Waals surface area contributed by atoms with Crippen LogP contribution in [0.3, 0.4) is 0 Å². The molecule has 5 aromatic rings. The largest absolute Gasteiger partial charge is 0.481 e. The zero-order chi connectivity index (χ0) is 66.6. The van der Waals surface area contributed by atoms with Crippen molar-refractivity contribution in [1.82, 2.24) is 45.1 Å². The third-order valence-electron chi connectivity index (χ3n) is 11.9. The Morgan fingerprint density at radius 1 is 0.674 bits per heavy atom. The maximum absolute atomic E-state index is 12.2. The van der Waals surface area contributed by atoms with Gasteiger partial charge in [0.05, 0.1) is 12.1 Å². The van der Waals surface area contributed by atoms with Crippen molar-refractivity contribution in [2.45, 2.75) is 143 Å². The smallest absolute Gasteiger partial charge is 0.452 e. The van der Waals surface area contributed by atoms with Gasteiger partial charge < -0.3 is 39.9 Å². The molecule has 3 saturated heterocycles. The summed E-state index contributed by atoms with van der Waals surface area (Å²) in [5, 5.41) is 32.3. The van der Waals surface area contributed by atoms with Crippen LogP contribution in [-0.2, 0) is 47.9 Å². The lowest BCUT2D eigenvalue weighted by Crippen LogP contribution is -2.36. The predicted octanol–water partition coefficient (Wildman–Crippen LogP) is 14.1. The van der Waals surface area contributed by atoms with Crippen molar-refractivity contribution in [1.29, 1.82) is 5.26 Å². The Kier molecular flexibility index (Phi) is 39.0. The number of Topliss-reactive ketones (excluding diaryl/α,β-unsaturated/α-hetero) is 3. The molecule has 3 aliphatic rings. The van der Waals surface area contributed by atoms with Crippen LogP contribution in [0.15, 0.2) is 92.7 Å². The molecule has 0 spiro atoms. The number of likely N-dealkylation sites (tertiary alicyclic amines) is 2. The Balaban J connectivity index is 0.00000112. The number of rotatable bonds is 12. The highest BCUT2D eigenvalue weighted by atomic mass is 79.9. The zero-order valence-electron chi connectivity index (χ0n) is 49.3. The molecule has 3 aliphatic heterocycles. The topological polar surface area (TPSA) is 295 Å². The van der Waals surface area contributed by atoms with Crippen LogP contribution in [-0.4, -0.2) is 153 Å². The van der Waals surface area contributed by atoms with Gasteiger partial charge in [-0.05, 0) is 191 Å². The van der Waals surface area contributed by atoms with Gasteiger partial charge >= 0.3 is 24.3 Å². The fourth-order valence-corrected chi connectivity index (χ4v) is 8.96. The number of carboxylic acid groups (broad SMARTS) is 1. The number of carboxylic acids is 1. The first-order chi connectivity index (χ1) is 41.6. The van der Waals surface area contributed by atoms with Gasteiger partial charge in [0.1, 0.15) is 28.8 Å². The van der Waals surface area contributed by atoms with Crippen molar-refractivity contribution in [3.8, 4) is 6.07 Å². The van der Waals surface area contributed by atoms with Gasteiger partial charge in [0.25, 0.3) is 11.6 Å². The number of hydrogen-bond donors (Lipinski definition) is 2. The molecule has 3 N–H and O–H groups in total. The van der Waals surface area contributed by atoms with Crippen LogP contribution in [0.25, 0.3) is 4.85 Å². The molecule has 31 heteroatoms. The minimum absolute atomic E-state index is 0. The van der Waals surface area contributed by atoms with Gasteiger partial charge in [0.2, 0.25) is 0 Å². The van der Waals surface area contributed by atoms with Crippen molar-refractivity contribution in [3.05, 3.63) is 132 Å². The van der Waals surface area contributed by atoms with Crippen molar-refractivity contribution >= 4 is 130 Å². The number of pyridine rings is 3.